The number of carbonyl (C=O) groups excluding carboxylic acids is 4. The fourth-order valence-electron chi connectivity index (χ4n) is 5.31. The van der Waals surface area contributed by atoms with Gasteiger partial charge in [-0.25, -0.2) is 4.79 Å². The zero-order chi connectivity index (χ0) is 39.2. The Morgan fingerprint density at radius 3 is 1.30 bits per heavy atom. The highest BCUT2D eigenvalue weighted by atomic mass is 16.5. The van der Waals surface area contributed by atoms with E-state index < -0.39 is 23.9 Å². The molecule has 0 rings (SSSR count). The van der Waals surface area contributed by atoms with Crippen LogP contribution in [0.4, 0.5) is 0 Å². The van der Waals surface area contributed by atoms with Crippen molar-refractivity contribution in [1.82, 2.24) is 16.0 Å². The van der Waals surface area contributed by atoms with Crippen LogP contribution in [0.15, 0.2) is 0 Å². The van der Waals surface area contributed by atoms with Crippen LogP contribution in [0.25, 0.3) is 0 Å². The number of unbranched alkanes of at least 4 members (excludes halogenated alkanes) is 15. The van der Waals surface area contributed by atoms with Crippen LogP contribution in [0.5, 0.6) is 0 Å². The van der Waals surface area contributed by atoms with Crippen molar-refractivity contribution < 1.29 is 57.9 Å². The van der Waals surface area contributed by atoms with Gasteiger partial charge in [-0.05, 0) is 26.2 Å². The molecule has 0 radical (unpaired) electrons. The van der Waals surface area contributed by atoms with Gasteiger partial charge >= 0.3 is 11.9 Å². The number of carbonyl (C=O) groups is 6. The van der Waals surface area contributed by atoms with E-state index in [1.807, 2.05) is 0 Å². The quantitative estimate of drug-likeness (QED) is 0.0552. The van der Waals surface area contributed by atoms with Crippen molar-refractivity contribution in [2.24, 2.45) is 0 Å². The van der Waals surface area contributed by atoms with Crippen LogP contribution in [0.3, 0.4) is 0 Å². The maximum atomic E-state index is 12.0. The summed E-state index contributed by atoms with van der Waals surface area (Å²) in [4.78, 5) is 68.3. The summed E-state index contributed by atoms with van der Waals surface area (Å²) in [5, 5.41) is 25.6. The molecular formula is C38H69N3O12. The molecule has 0 saturated heterocycles. The van der Waals surface area contributed by atoms with Gasteiger partial charge in [0.05, 0.1) is 39.6 Å². The molecule has 0 heterocycles. The second-order valence-electron chi connectivity index (χ2n) is 13.3. The second kappa shape index (κ2) is 37.2. The summed E-state index contributed by atoms with van der Waals surface area (Å²) in [7, 11) is 0. The van der Waals surface area contributed by atoms with E-state index in [9.17, 15) is 28.8 Å². The molecule has 0 saturated carbocycles. The fraction of sp³-hybridized carbons (Fsp3) is 0.842. The standard InChI is InChI=1S/C38H69N3O12/c1-32(42)20-21-33(38(48)49)41-36(45)31-53-29-27-51-25-23-40-35(44)30-52-28-26-50-24-22-39-34(43)18-16-14-12-10-8-6-4-2-3-5-7-9-11-13-15-17-19-37(46)47/h33H,2-31H2,1H3,(H,39,43)(H,40,44)(H,41,45)(H,46,47)(H,48,49)/t33-/m0/s1. The molecule has 0 aromatic rings. The van der Waals surface area contributed by atoms with E-state index in [2.05, 4.69) is 16.0 Å². The Kier molecular flexibility index (Phi) is 35.0. The highest BCUT2D eigenvalue weighted by Gasteiger charge is 2.20. The van der Waals surface area contributed by atoms with Crippen molar-refractivity contribution in [2.75, 3.05) is 65.9 Å². The molecule has 53 heavy (non-hydrogen) atoms. The second-order valence-corrected chi connectivity index (χ2v) is 13.3. The van der Waals surface area contributed by atoms with E-state index in [1.54, 1.807) is 0 Å². The molecule has 308 valence electrons. The number of Topliss-reactive ketones (excluding diaryl/α,β-unsaturated/α-hetero) is 1. The first kappa shape index (κ1) is 49.9. The summed E-state index contributed by atoms with van der Waals surface area (Å²) in [6.07, 6.45) is 19.8. The normalized spacial score (nSPS) is 11.6. The Morgan fingerprint density at radius 1 is 0.472 bits per heavy atom. The molecule has 5 N–H and O–H groups in total. The SMILES string of the molecule is CC(=O)CC[C@H](NC(=O)COCCOCCNC(=O)COCCOCCNC(=O)CCCCCCCCCCCCCCCCCCC(=O)O)C(=O)O. The molecule has 0 unspecified atom stereocenters. The molecule has 0 aliphatic heterocycles. The Balaban J connectivity index is 3.40. The van der Waals surface area contributed by atoms with Crippen LogP contribution in [-0.2, 0) is 47.7 Å². The number of hydrogen-bond acceptors (Lipinski definition) is 10. The predicted molar refractivity (Wildman–Crippen MR) is 200 cm³/mol. The van der Waals surface area contributed by atoms with E-state index in [0.29, 0.717) is 32.6 Å². The summed E-state index contributed by atoms with van der Waals surface area (Å²) in [5.41, 5.74) is 0. The number of ketones is 1. The maximum absolute atomic E-state index is 12.0. The van der Waals surface area contributed by atoms with Gasteiger partial charge in [0, 0.05) is 32.4 Å². The predicted octanol–water partition coefficient (Wildman–Crippen LogP) is 4.33. The smallest absolute Gasteiger partial charge is 0.326 e. The van der Waals surface area contributed by atoms with E-state index in [0.717, 1.165) is 32.1 Å². The molecular weight excluding hydrogens is 690 g/mol. The van der Waals surface area contributed by atoms with Crippen LogP contribution in [-0.4, -0.2) is 118 Å². The lowest BCUT2D eigenvalue weighted by Gasteiger charge is -2.14. The number of carboxylic acids is 2. The first-order valence-electron chi connectivity index (χ1n) is 19.7. The van der Waals surface area contributed by atoms with Crippen molar-refractivity contribution >= 4 is 35.4 Å². The van der Waals surface area contributed by atoms with Crippen LogP contribution in [0, 0.1) is 0 Å². The van der Waals surface area contributed by atoms with Crippen molar-refractivity contribution in [1.29, 1.82) is 0 Å². The van der Waals surface area contributed by atoms with Gasteiger partial charge in [-0.3, -0.25) is 19.2 Å². The van der Waals surface area contributed by atoms with Gasteiger partial charge in [-0.1, -0.05) is 89.9 Å². The largest absolute Gasteiger partial charge is 0.481 e. The molecule has 0 aliphatic carbocycles. The third-order valence-electron chi connectivity index (χ3n) is 8.31. The lowest BCUT2D eigenvalue weighted by molar-refractivity contribution is -0.143. The van der Waals surface area contributed by atoms with E-state index >= 15 is 0 Å². The summed E-state index contributed by atoms with van der Waals surface area (Å²) in [5.74, 6) is -2.94. The lowest BCUT2D eigenvalue weighted by atomic mass is 10.0. The topological polar surface area (TPSA) is 216 Å². The Morgan fingerprint density at radius 2 is 0.868 bits per heavy atom. The van der Waals surface area contributed by atoms with Crippen LogP contribution >= 0.6 is 0 Å². The van der Waals surface area contributed by atoms with Gasteiger partial charge in [0.2, 0.25) is 17.7 Å². The number of nitrogens with one attached hydrogen (secondary N) is 3. The van der Waals surface area contributed by atoms with Crippen LogP contribution < -0.4 is 16.0 Å². The van der Waals surface area contributed by atoms with E-state index in [1.165, 1.54) is 77.6 Å². The van der Waals surface area contributed by atoms with Gasteiger partial charge in [0.1, 0.15) is 25.0 Å². The third kappa shape index (κ3) is 38.4. The highest BCUT2D eigenvalue weighted by Crippen LogP contribution is 2.14. The van der Waals surface area contributed by atoms with Crippen molar-refractivity contribution in [3.05, 3.63) is 0 Å². The number of rotatable bonds is 40. The summed E-state index contributed by atoms with van der Waals surface area (Å²) >= 11 is 0. The van der Waals surface area contributed by atoms with Gasteiger partial charge in [-0.15, -0.1) is 0 Å². The van der Waals surface area contributed by atoms with Gasteiger partial charge in [-0.2, -0.15) is 0 Å². The summed E-state index contributed by atoms with van der Waals surface area (Å²) in [6.45, 7) is 3.01. The van der Waals surface area contributed by atoms with Gasteiger partial charge in [0.25, 0.3) is 0 Å². The number of carboxylic acid groups (broad SMARTS) is 2. The average molecular weight is 760 g/mol. The zero-order valence-corrected chi connectivity index (χ0v) is 32.3. The minimum Gasteiger partial charge on any atom is -0.481 e. The molecule has 0 aromatic carbocycles. The van der Waals surface area contributed by atoms with Crippen molar-refractivity contribution in [2.45, 2.75) is 141 Å². The minimum atomic E-state index is -1.22. The maximum Gasteiger partial charge on any atom is 0.326 e. The Labute approximate surface area is 316 Å². The monoisotopic (exact) mass is 759 g/mol. The van der Waals surface area contributed by atoms with Crippen molar-refractivity contribution in [3.63, 3.8) is 0 Å². The zero-order valence-electron chi connectivity index (χ0n) is 32.3. The first-order valence-corrected chi connectivity index (χ1v) is 19.7. The van der Waals surface area contributed by atoms with E-state index in [4.69, 9.17) is 29.2 Å². The summed E-state index contributed by atoms with van der Waals surface area (Å²) < 4.78 is 21.2. The molecule has 0 spiro atoms. The highest BCUT2D eigenvalue weighted by molar-refractivity contribution is 5.85. The first-order chi connectivity index (χ1) is 25.6. The number of amides is 3. The molecule has 0 aromatic heterocycles. The number of ether oxygens (including phenoxy) is 4. The molecule has 0 bridgehead atoms. The molecule has 1 atom stereocenters. The van der Waals surface area contributed by atoms with Gasteiger partial charge in [0.15, 0.2) is 0 Å². The fourth-order valence-corrected chi connectivity index (χ4v) is 5.31. The van der Waals surface area contributed by atoms with E-state index in [-0.39, 0.29) is 76.6 Å². The van der Waals surface area contributed by atoms with Crippen LogP contribution in [0.2, 0.25) is 0 Å². The Bertz CT molecular complexity index is 982. The molecule has 15 nitrogen and oxygen atoms in total. The molecule has 0 aliphatic rings. The van der Waals surface area contributed by atoms with Crippen molar-refractivity contribution in [3.8, 4) is 0 Å². The summed E-state index contributed by atoms with van der Waals surface area (Å²) in [6, 6.07) is -1.15. The number of aliphatic carboxylic acids is 2. The average Bonchev–Trinajstić information content (AvgIpc) is 3.11. The number of hydrogen-bond donors (Lipinski definition) is 5. The third-order valence-corrected chi connectivity index (χ3v) is 8.31. The molecule has 3 amide bonds. The molecule has 15 heteroatoms. The van der Waals surface area contributed by atoms with Crippen LogP contribution in [0.1, 0.15) is 135 Å². The lowest BCUT2D eigenvalue weighted by Crippen LogP contribution is -2.42. The minimum absolute atomic E-state index is 0.0130. The van der Waals surface area contributed by atoms with Gasteiger partial charge < -0.3 is 49.9 Å². The Hall–Kier alpha value is -3.14. The molecule has 0 fully saturated rings.